The van der Waals surface area contributed by atoms with Gasteiger partial charge in [0.25, 0.3) is 0 Å². The van der Waals surface area contributed by atoms with Crippen LogP contribution in [-0.2, 0) is 0 Å². The van der Waals surface area contributed by atoms with E-state index < -0.39 is 4.92 Å². The van der Waals surface area contributed by atoms with E-state index in [-0.39, 0.29) is 11.4 Å². The molecule has 5 nitrogen and oxygen atoms in total. The molecule has 0 spiro atoms. The van der Waals surface area contributed by atoms with Crippen molar-refractivity contribution in [3.8, 4) is 5.75 Å². The van der Waals surface area contributed by atoms with E-state index in [2.05, 4.69) is 4.98 Å². The Morgan fingerprint density at radius 1 is 1.47 bits per heavy atom. The van der Waals surface area contributed by atoms with Crippen molar-refractivity contribution in [2.75, 3.05) is 0 Å². The van der Waals surface area contributed by atoms with Crippen molar-refractivity contribution in [3.63, 3.8) is 0 Å². The van der Waals surface area contributed by atoms with Crippen molar-refractivity contribution >= 4 is 29.9 Å². The standard InChI is InChI=1S/C9H7BN2O3/c10-5-1-2-7-6(3-5)9(13)8(4-11-7)12(14)15/h1-4H,10H2,(H,11,13). The van der Waals surface area contributed by atoms with Crippen LogP contribution in [0.3, 0.4) is 0 Å². The lowest BCUT2D eigenvalue weighted by atomic mass is 9.94. The largest absolute Gasteiger partial charge is 0.502 e. The fraction of sp³-hybridized carbons (Fsp3) is 0. The molecule has 0 atom stereocenters. The zero-order valence-electron chi connectivity index (χ0n) is 7.97. The number of nitrogens with zero attached hydrogens (tertiary/aromatic N) is 2. The van der Waals surface area contributed by atoms with Gasteiger partial charge in [-0.05, 0) is 6.07 Å². The van der Waals surface area contributed by atoms with Crippen molar-refractivity contribution in [2.45, 2.75) is 0 Å². The molecule has 0 amide bonds. The van der Waals surface area contributed by atoms with Crippen LogP contribution in [0.15, 0.2) is 24.4 Å². The molecular weight excluding hydrogens is 195 g/mol. The van der Waals surface area contributed by atoms with Gasteiger partial charge >= 0.3 is 5.69 Å². The Morgan fingerprint density at radius 3 is 2.87 bits per heavy atom. The summed E-state index contributed by atoms with van der Waals surface area (Å²) in [5.74, 6) is -0.325. The summed E-state index contributed by atoms with van der Waals surface area (Å²) in [6.07, 6.45) is 1.06. The fourth-order valence-electron chi connectivity index (χ4n) is 1.42. The minimum atomic E-state index is -0.649. The van der Waals surface area contributed by atoms with E-state index in [0.717, 1.165) is 11.7 Å². The average molecular weight is 202 g/mol. The van der Waals surface area contributed by atoms with Crippen LogP contribution in [0, 0.1) is 10.1 Å². The molecule has 1 aromatic heterocycles. The first-order valence-electron chi connectivity index (χ1n) is 4.32. The van der Waals surface area contributed by atoms with Gasteiger partial charge in [0.1, 0.15) is 14.0 Å². The van der Waals surface area contributed by atoms with Crippen LogP contribution in [0.5, 0.6) is 5.75 Å². The lowest BCUT2D eigenvalue weighted by molar-refractivity contribution is -0.386. The molecule has 0 saturated carbocycles. The number of pyridine rings is 1. The van der Waals surface area contributed by atoms with Crippen LogP contribution in [-0.4, -0.2) is 22.9 Å². The van der Waals surface area contributed by atoms with E-state index in [1.54, 1.807) is 12.1 Å². The molecule has 0 fully saturated rings. The topological polar surface area (TPSA) is 76.3 Å². The maximum Gasteiger partial charge on any atom is 0.329 e. The fourth-order valence-corrected chi connectivity index (χ4v) is 1.42. The lowest BCUT2D eigenvalue weighted by Crippen LogP contribution is -2.01. The van der Waals surface area contributed by atoms with Crippen LogP contribution in [0.2, 0.25) is 0 Å². The zero-order valence-corrected chi connectivity index (χ0v) is 7.97. The van der Waals surface area contributed by atoms with E-state index in [9.17, 15) is 15.2 Å². The third kappa shape index (κ3) is 1.50. The number of nitro groups is 1. The van der Waals surface area contributed by atoms with Gasteiger partial charge in [0, 0.05) is 5.39 Å². The summed E-state index contributed by atoms with van der Waals surface area (Å²) in [6.45, 7) is 0. The number of hydrogen-bond donors (Lipinski definition) is 1. The summed E-state index contributed by atoms with van der Waals surface area (Å²) in [7, 11) is 1.84. The molecule has 2 aromatic rings. The van der Waals surface area contributed by atoms with Gasteiger partial charge in [-0.3, -0.25) is 10.1 Å². The molecule has 1 heterocycles. The normalized spacial score (nSPS) is 10.4. The Kier molecular flexibility index (Phi) is 2.04. The first-order valence-corrected chi connectivity index (χ1v) is 4.32. The van der Waals surface area contributed by atoms with Gasteiger partial charge in [-0.15, -0.1) is 0 Å². The molecule has 0 aliphatic rings. The predicted molar refractivity (Wildman–Crippen MR) is 58.2 cm³/mol. The summed E-state index contributed by atoms with van der Waals surface area (Å²) in [5, 5.41) is 20.6. The summed E-state index contributed by atoms with van der Waals surface area (Å²) < 4.78 is 0. The SMILES string of the molecule is Bc1ccc2ncc([N+](=O)[O-])c(O)c2c1. The number of benzene rings is 1. The highest BCUT2D eigenvalue weighted by Gasteiger charge is 2.16. The first-order chi connectivity index (χ1) is 7.09. The molecule has 15 heavy (non-hydrogen) atoms. The molecule has 0 aliphatic carbocycles. The smallest absolute Gasteiger partial charge is 0.329 e. The number of rotatable bonds is 1. The number of aromatic nitrogens is 1. The van der Waals surface area contributed by atoms with Gasteiger partial charge in [0.15, 0.2) is 0 Å². The summed E-state index contributed by atoms with van der Waals surface area (Å²) in [5.41, 5.74) is 1.09. The molecule has 0 saturated heterocycles. The van der Waals surface area contributed by atoms with E-state index in [1.165, 1.54) is 0 Å². The lowest BCUT2D eigenvalue weighted by Gasteiger charge is -2.01. The monoisotopic (exact) mass is 202 g/mol. The summed E-state index contributed by atoms with van der Waals surface area (Å²) >= 11 is 0. The van der Waals surface area contributed by atoms with Gasteiger partial charge in [0.2, 0.25) is 5.75 Å². The molecule has 1 aromatic carbocycles. The van der Waals surface area contributed by atoms with E-state index in [1.807, 2.05) is 13.9 Å². The summed E-state index contributed by atoms with van der Waals surface area (Å²) in [6, 6.07) is 5.22. The molecule has 2 rings (SSSR count). The highest BCUT2D eigenvalue weighted by atomic mass is 16.6. The van der Waals surface area contributed by atoms with Gasteiger partial charge in [-0.1, -0.05) is 17.6 Å². The molecule has 0 bridgehead atoms. The van der Waals surface area contributed by atoms with Gasteiger partial charge < -0.3 is 5.11 Å². The molecule has 0 radical (unpaired) electrons. The molecule has 74 valence electrons. The number of hydrogen-bond acceptors (Lipinski definition) is 4. The Morgan fingerprint density at radius 2 is 2.20 bits per heavy atom. The summed E-state index contributed by atoms with van der Waals surface area (Å²) in [4.78, 5) is 13.8. The Balaban J connectivity index is 2.82. The van der Waals surface area contributed by atoms with Crippen molar-refractivity contribution in [1.82, 2.24) is 4.98 Å². The Hall–Kier alpha value is -2.11. The minimum Gasteiger partial charge on any atom is -0.502 e. The molecule has 0 unspecified atom stereocenters. The average Bonchev–Trinajstić information content (AvgIpc) is 2.19. The van der Waals surface area contributed by atoms with E-state index in [4.69, 9.17) is 0 Å². The quantitative estimate of drug-likeness (QED) is 0.404. The maximum absolute atomic E-state index is 10.6. The third-order valence-electron chi connectivity index (χ3n) is 2.17. The second kappa shape index (κ2) is 3.23. The van der Waals surface area contributed by atoms with Gasteiger partial charge in [0.05, 0.1) is 10.4 Å². The highest BCUT2D eigenvalue weighted by Crippen LogP contribution is 2.31. The van der Waals surface area contributed by atoms with Crippen LogP contribution in [0.25, 0.3) is 10.9 Å². The highest BCUT2D eigenvalue weighted by molar-refractivity contribution is 6.33. The number of fused-ring (bicyclic) bond motifs is 1. The Bertz CT molecular complexity index is 556. The molecule has 1 N–H and O–H groups in total. The van der Waals surface area contributed by atoms with Crippen molar-refractivity contribution in [2.24, 2.45) is 0 Å². The van der Waals surface area contributed by atoms with Crippen molar-refractivity contribution < 1.29 is 10.0 Å². The third-order valence-corrected chi connectivity index (χ3v) is 2.17. The molecule has 0 aliphatic heterocycles. The zero-order chi connectivity index (χ0) is 11.0. The predicted octanol–water partition coefficient (Wildman–Crippen LogP) is 0.107. The van der Waals surface area contributed by atoms with Gasteiger partial charge in [-0.25, -0.2) is 4.98 Å². The maximum atomic E-state index is 10.6. The van der Waals surface area contributed by atoms with Gasteiger partial charge in [-0.2, -0.15) is 0 Å². The first kappa shape index (κ1) is 9.45. The van der Waals surface area contributed by atoms with Crippen LogP contribution < -0.4 is 5.46 Å². The second-order valence-electron chi connectivity index (χ2n) is 3.27. The minimum absolute atomic E-state index is 0.325. The molecule has 6 heteroatoms. The van der Waals surface area contributed by atoms with Crippen molar-refractivity contribution in [3.05, 3.63) is 34.5 Å². The van der Waals surface area contributed by atoms with Crippen LogP contribution in [0.1, 0.15) is 0 Å². The Labute approximate surface area is 85.9 Å². The van der Waals surface area contributed by atoms with Crippen LogP contribution >= 0.6 is 0 Å². The second-order valence-corrected chi connectivity index (χ2v) is 3.27. The number of aromatic hydroxyl groups is 1. The van der Waals surface area contributed by atoms with E-state index >= 15 is 0 Å². The van der Waals surface area contributed by atoms with Crippen LogP contribution in [0.4, 0.5) is 5.69 Å². The van der Waals surface area contributed by atoms with Crippen molar-refractivity contribution in [1.29, 1.82) is 0 Å². The molecular formula is C9H7BN2O3. The van der Waals surface area contributed by atoms with E-state index in [0.29, 0.717) is 10.9 Å².